The van der Waals surface area contributed by atoms with Gasteiger partial charge in [0.15, 0.2) is 0 Å². The summed E-state index contributed by atoms with van der Waals surface area (Å²) in [4.78, 5) is 11.9. The van der Waals surface area contributed by atoms with E-state index in [1.54, 1.807) is 6.07 Å². The summed E-state index contributed by atoms with van der Waals surface area (Å²) < 4.78 is 36.9. The number of nitrogens with one attached hydrogen (secondary N) is 1. The van der Waals surface area contributed by atoms with E-state index in [9.17, 15) is 13.2 Å². The third kappa shape index (κ3) is 4.67. The Morgan fingerprint density at radius 2 is 2.32 bits per heavy atom. The molecule has 2 atom stereocenters. The van der Waals surface area contributed by atoms with Crippen molar-refractivity contribution in [3.63, 3.8) is 0 Å². The van der Waals surface area contributed by atoms with Crippen LogP contribution in [-0.4, -0.2) is 39.7 Å². The van der Waals surface area contributed by atoms with Gasteiger partial charge in [-0.3, -0.25) is 4.79 Å². The Hall–Kier alpha value is -1.15. The fraction of sp³-hybridized carbons (Fsp3) is 0.500. The SMILES string of the molecule is C[C@H](OC[C@H]1CCCO1)C(=O)NS(=O)(=O)c1cccc(Cl)c1. The van der Waals surface area contributed by atoms with Gasteiger partial charge >= 0.3 is 0 Å². The van der Waals surface area contributed by atoms with E-state index < -0.39 is 22.0 Å². The summed E-state index contributed by atoms with van der Waals surface area (Å²) in [6, 6.07) is 5.68. The molecular formula is C14H18ClNO5S. The zero-order valence-corrected chi connectivity index (χ0v) is 13.7. The van der Waals surface area contributed by atoms with Crippen LogP contribution in [0.15, 0.2) is 29.2 Å². The fourth-order valence-electron chi connectivity index (χ4n) is 2.01. The molecule has 6 nitrogen and oxygen atoms in total. The van der Waals surface area contributed by atoms with Gasteiger partial charge < -0.3 is 9.47 Å². The number of sulfonamides is 1. The number of hydrogen-bond acceptors (Lipinski definition) is 5. The molecule has 1 aromatic carbocycles. The number of rotatable bonds is 6. The van der Waals surface area contributed by atoms with Crippen LogP contribution in [0.4, 0.5) is 0 Å². The molecule has 8 heteroatoms. The molecule has 1 amide bonds. The second kappa shape index (κ2) is 7.41. The molecule has 0 aromatic heterocycles. The van der Waals surface area contributed by atoms with Gasteiger partial charge in [-0.15, -0.1) is 0 Å². The quantitative estimate of drug-likeness (QED) is 0.847. The summed E-state index contributed by atoms with van der Waals surface area (Å²) in [6.45, 7) is 2.46. The highest BCUT2D eigenvalue weighted by atomic mass is 35.5. The molecule has 1 N–H and O–H groups in total. The first-order valence-electron chi connectivity index (χ1n) is 6.94. The lowest BCUT2D eigenvalue weighted by Crippen LogP contribution is -2.39. The van der Waals surface area contributed by atoms with E-state index in [4.69, 9.17) is 21.1 Å². The number of ether oxygens (including phenoxy) is 2. The molecule has 1 saturated heterocycles. The maximum atomic E-state index is 12.1. The minimum Gasteiger partial charge on any atom is -0.376 e. The highest BCUT2D eigenvalue weighted by Gasteiger charge is 2.24. The summed E-state index contributed by atoms with van der Waals surface area (Å²) in [5.74, 6) is -0.724. The van der Waals surface area contributed by atoms with E-state index in [1.807, 2.05) is 4.72 Å². The molecule has 1 aliphatic heterocycles. The highest BCUT2D eigenvalue weighted by Crippen LogP contribution is 2.16. The molecule has 0 bridgehead atoms. The van der Waals surface area contributed by atoms with Crippen LogP contribution in [0.25, 0.3) is 0 Å². The number of carbonyl (C=O) groups is 1. The molecule has 2 rings (SSSR count). The van der Waals surface area contributed by atoms with Gasteiger partial charge in [0, 0.05) is 11.6 Å². The summed E-state index contributed by atoms with van der Waals surface area (Å²) in [5, 5.41) is 0.276. The minimum absolute atomic E-state index is 0.0280. The van der Waals surface area contributed by atoms with E-state index in [2.05, 4.69) is 0 Å². The van der Waals surface area contributed by atoms with E-state index in [0.29, 0.717) is 6.61 Å². The number of benzene rings is 1. The van der Waals surface area contributed by atoms with Crippen LogP contribution in [0.3, 0.4) is 0 Å². The van der Waals surface area contributed by atoms with Gasteiger partial charge in [-0.05, 0) is 38.0 Å². The van der Waals surface area contributed by atoms with Crippen molar-refractivity contribution in [2.24, 2.45) is 0 Å². The third-order valence-corrected chi connectivity index (χ3v) is 4.85. The predicted octanol–water partition coefficient (Wildman–Crippen LogP) is 1.73. The largest absolute Gasteiger partial charge is 0.376 e. The Morgan fingerprint density at radius 1 is 1.55 bits per heavy atom. The molecule has 22 heavy (non-hydrogen) atoms. The lowest BCUT2D eigenvalue weighted by molar-refractivity contribution is -0.131. The van der Waals surface area contributed by atoms with Gasteiger partial charge in [-0.25, -0.2) is 13.1 Å². The van der Waals surface area contributed by atoms with E-state index in [0.717, 1.165) is 12.8 Å². The van der Waals surface area contributed by atoms with Gasteiger partial charge in [0.1, 0.15) is 6.10 Å². The molecular weight excluding hydrogens is 330 g/mol. The topological polar surface area (TPSA) is 81.7 Å². The standard InChI is InChI=1S/C14H18ClNO5S/c1-10(21-9-12-5-3-7-20-12)14(17)16-22(18,19)13-6-2-4-11(15)8-13/h2,4,6,8,10,12H,3,5,7,9H2,1H3,(H,16,17)/t10-,12+/m0/s1. The Balaban J connectivity index is 1.92. The highest BCUT2D eigenvalue weighted by molar-refractivity contribution is 7.90. The Bertz CT molecular complexity index is 628. The summed E-state index contributed by atoms with van der Waals surface area (Å²) in [6.07, 6.45) is 0.936. The van der Waals surface area contributed by atoms with E-state index >= 15 is 0 Å². The van der Waals surface area contributed by atoms with Crippen molar-refractivity contribution in [1.82, 2.24) is 4.72 Å². The molecule has 1 aromatic rings. The predicted molar refractivity (Wildman–Crippen MR) is 81.2 cm³/mol. The van der Waals surface area contributed by atoms with E-state index in [-0.39, 0.29) is 22.6 Å². The zero-order valence-electron chi connectivity index (χ0n) is 12.1. The molecule has 1 heterocycles. The molecule has 1 aliphatic rings. The average molecular weight is 348 g/mol. The molecule has 0 saturated carbocycles. The first-order chi connectivity index (χ1) is 10.4. The molecule has 0 unspecified atom stereocenters. The fourth-order valence-corrected chi connectivity index (χ4v) is 3.36. The Kier molecular flexibility index (Phi) is 5.80. The van der Waals surface area contributed by atoms with Crippen LogP contribution in [0, 0.1) is 0 Å². The Labute approximate surface area is 134 Å². The van der Waals surface area contributed by atoms with Crippen molar-refractivity contribution >= 4 is 27.5 Å². The Morgan fingerprint density at radius 3 is 2.95 bits per heavy atom. The number of hydrogen-bond donors (Lipinski definition) is 1. The van der Waals surface area contributed by atoms with Crippen molar-refractivity contribution in [3.05, 3.63) is 29.3 Å². The van der Waals surface area contributed by atoms with Gasteiger partial charge in [-0.2, -0.15) is 0 Å². The van der Waals surface area contributed by atoms with Crippen LogP contribution in [0.1, 0.15) is 19.8 Å². The lowest BCUT2D eigenvalue weighted by atomic mass is 10.2. The second-order valence-corrected chi connectivity index (χ2v) is 7.16. The van der Waals surface area contributed by atoms with Gasteiger partial charge in [0.05, 0.1) is 17.6 Å². The molecule has 0 spiro atoms. The molecule has 1 fully saturated rings. The first-order valence-corrected chi connectivity index (χ1v) is 8.80. The minimum atomic E-state index is -3.96. The lowest BCUT2D eigenvalue weighted by Gasteiger charge is -2.16. The smallest absolute Gasteiger partial charge is 0.264 e. The van der Waals surface area contributed by atoms with Crippen LogP contribution in [0.2, 0.25) is 5.02 Å². The molecule has 0 aliphatic carbocycles. The molecule has 122 valence electrons. The van der Waals surface area contributed by atoms with Gasteiger partial charge in [0.2, 0.25) is 0 Å². The van der Waals surface area contributed by atoms with Crippen LogP contribution < -0.4 is 4.72 Å². The van der Waals surface area contributed by atoms with Crippen molar-refractivity contribution in [2.75, 3.05) is 13.2 Å². The van der Waals surface area contributed by atoms with Crippen molar-refractivity contribution in [3.8, 4) is 0 Å². The zero-order chi connectivity index (χ0) is 16.2. The average Bonchev–Trinajstić information content (AvgIpc) is 2.97. The second-order valence-electron chi connectivity index (χ2n) is 5.04. The van der Waals surface area contributed by atoms with Crippen LogP contribution in [0.5, 0.6) is 0 Å². The van der Waals surface area contributed by atoms with Crippen LogP contribution >= 0.6 is 11.6 Å². The maximum Gasteiger partial charge on any atom is 0.264 e. The van der Waals surface area contributed by atoms with Gasteiger partial charge in [0.25, 0.3) is 15.9 Å². The van der Waals surface area contributed by atoms with Gasteiger partial charge in [-0.1, -0.05) is 17.7 Å². The normalized spacial score (nSPS) is 19.8. The number of amides is 1. The van der Waals surface area contributed by atoms with E-state index in [1.165, 1.54) is 25.1 Å². The number of carbonyl (C=O) groups excluding carboxylic acids is 1. The van der Waals surface area contributed by atoms with Crippen molar-refractivity contribution in [1.29, 1.82) is 0 Å². The first kappa shape index (κ1) is 17.2. The van der Waals surface area contributed by atoms with Crippen LogP contribution in [-0.2, 0) is 24.3 Å². The van der Waals surface area contributed by atoms with Crippen molar-refractivity contribution in [2.45, 2.75) is 36.9 Å². The summed E-state index contributed by atoms with van der Waals surface area (Å²) in [5.41, 5.74) is 0. The van der Waals surface area contributed by atoms with Crippen molar-refractivity contribution < 1.29 is 22.7 Å². The summed E-state index contributed by atoms with van der Waals surface area (Å²) >= 11 is 5.76. The summed E-state index contributed by atoms with van der Waals surface area (Å²) in [7, 11) is -3.96. The maximum absolute atomic E-state index is 12.1. The molecule has 0 radical (unpaired) electrons. The third-order valence-electron chi connectivity index (χ3n) is 3.27. The number of halogens is 1. The monoisotopic (exact) mass is 347 g/mol.